The van der Waals surface area contributed by atoms with Gasteiger partial charge in [0.15, 0.2) is 0 Å². The highest BCUT2D eigenvalue weighted by atomic mass is 16.5. The smallest absolute Gasteiger partial charge is 0.268 e. The van der Waals surface area contributed by atoms with Crippen LogP contribution in [0, 0.1) is 11.3 Å². The average molecular weight is 229 g/mol. The lowest BCUT2D eigenvalue weighted by Gasteiger charge is -1.97. The average Bonchev–Trinajstić information content (AvgIpc) is 2.78. The Bertz CT molecular complexity index is 595. The number of aromatic nitrogens is 1. The quantitative estimate of drug-likeness (QED) is 0.781. The molecule has 1 heterocycles. The Hall–Kier alpha value is -2.48. The number of nitrogens with one attached hydrogen (secondary N) is 2. The normalized spacial score (nSPS) is 9.88. The second-order valence-electron chi connectivity index (χ2n) is 3.48. The number of nitriles is 1. The van der Waals surface area contributed by atoms with Gasteiger partial charge in [-0.2, -0.15) is 5.26 Å². The summed E-state index contributed by atoms with van der Waals surface area (Å²) < 4.78 is 5.10. The zero-order valence-corrected chi connectivity index (χ0v) is 9.28. The van der Waals surface area contributed by atoms with Crippen LogP contribution in [0.5, 0.6) is 5.75 Å². The predicted octanol–water partition coefficient (Wildman–Crippen LogP) is 1.43. The van der Waals surface area contributed by atoms with Crippen LogP contribution in [0.4, 0.5) is 0 Å². The number of nitrogens with zero attached hydrogens (tertiary/aromatic N) is 1. The maximum absolute atomic E-state index is 11.6. The van der Waals surface area contributed by atoms with Gasteiger partial charge in [-0.05, 0) is 24.3 Å². The number of amides is 1. The summed E-state index contributed by atoms with van der Waals surface area (Å²) in [5, 5.41) is 11.7. The molecule has 0 aliphatic carbocycles. The van der Waals surface area contributed by atoms with Gasteiger partial charge < -0.3 is 15.0 Å². The third-order valence-corrected chi connectivity index (χ3v) is 2.40. The van der Waals surface area contributed by atoms with E-state index in [4.69, 9.17) is 10.00 Å². The van der Waals surface area contributed by atoms with Crippen molar-refractivity contribution in [2.75, 3.05) is 13.7 Å². The van der Waals surface area contributed by atoms with Crippen molar-refractivity contribution in [2.45, 2.75) is 0 Å². The lowest BCUT2D eigenvalue weighted by molar-refractivity contribution is 0.0954. The topological polar surface area (TPSA) is 77.9 Å². The van der Waals surface area contributed by atoms with Crippen molar-refractivity contribution in [3.05, 3.63) is 30.0 Å². The fourth-order valence-electron chi connectivity index (χ4n) is 1.58. The number of ether oxygens (including phenoxy) is 1. The summed E-state index contributed by atoms with van der Waals surface area (Å²) in [6, 6.07) is 9.08. The molecule has 0 radical (unpaired) electrons. The molecule has 1 aromatic heterocycles. The number of carbonyl (C=O) groups is 1. The van der Waals surface area contributed by atoms with E-state index >= 15 is 0 Å². The SMILES string of the molecule is COc1ccc2[nH]c(C(=O)NCC#N)cc2c1. The molecule has 5 nitrogen and oxygen atoms in total. The zero-order chi connectivity index (χ0) is 12.3. The first-order valence-corrected chi connectivity index (χ1v) is 5.06. The van der Waals surface area contributed by atoms with Crippen molar-refractivity contribution >= 4 is 16.8 Å². The summed E-state index contributed by atoms with van der Waals surface area (Å²) in [6.07, 6.45) is 0. The highest BCUT2D eigenvalue weighted by molar-refractivity contribution is 5.98. The third kappa shape index (κ3) is 2.21. The number of H-pyrrole nitrogens is 1. The molecule has 0 aliphatic rings. The third-order valence-electron chi connectivity index (χ3n) is 2.40. The van der Waals surface area contributed by atoms with Gasteiger partial charge in [0.1, 0.15) is 18.0 Å². The molecule has 17 heavy (non-hydrogen) atoms. The molecule has 0 bridgehead atoms. The Balaban J connectivity index is 2.31. The number of fused-ring (bicyclic) bond motifs is 1. The minimum atomic E-state index is -0.290. The molecule has 1 amide bonds. The summed E-state index contributed by atoms with van der Waals surface area (Å²) in [5.41, 5.74) is 1.29. The molecule has 2 aromatic rings. The molecular formula is C12H11N3O2. The minimum absolute atomic E-state index is 0.00246. The van der Waals surface area contributed by atoms with E-state index in [1.807, 2.05) is 24.3 Å². The summed E-state index contributed by atoms with van der Waals surface area (Å²) in [5.74, 6) is 0.446. The number of methoxy groups -OCH3 is 1. The van der Waals surface area contributed by atoms with Gasteiger partial charge in [-0.25, -0.2) is 0 Å². The molecule has 1 aromatic carbocycles. The fourth-order valence-corrected chi connectivity index (χ4v) is 1.58. The van der Waals surface area contributed by atoms with E-state index in [9.17, 15) is 4.79 Å². The van der Waals surface area contributed by atoms with Crippen LogP contribution in [0.15, 0.2) is 24.3 Å². The lowest BCUT2D eigenvalue weighted by atomic mass is 10.2. The first kappa shape index (κ1) is 11.0. The lowest BCUT2D eigenvalue weighted by Crippen LogP contribution is -2.23. The van der Waals surface area contributed by atoms with Crippen molar-refractivity contribution in [3.63, 3.8) is 0 Å². The molecule has 0 unspecified atom stereocenters. The molecule has 5 heteroatoms. The molecule has 0 fully saturated rings. The Kier molecular flexibility index (Phi) is 2.97. The maximum Gasteiger partial charge on any atom is 0.268 e. The second kappa shape index (κ2) is 4.58. The number of rotatable bonds is 3. The first-order valence-electron chi connectivity index (χ1n) is 5.06. The summed E-state index contributed by atoms with van der Waals surface area (Å²) in [6.45, 7) is -0.00246. The van der Waals surface area contributed by atoms with Gasteiger partial charge in [0, 0.05) is 10.9 Å². The molecule has 86 valence electrons. The van der Waals surface area contributed by atoms with Crippen LogP contribution in [-0.4, -0.2) is 24.5 Å². The van der Waals surface area contributed by atoms with E-state index in [2.05, 4.69) is 10.3 Å². The van der Waals surface area contributed by atoms with Gasteiger partial charge in [0.05, 0.1) is 13.2 Å². The van der Waals surface area contributed by atoms with Crippen LogP contribution in [0.1, 0.15) is 10.5 Å². The first-order chi connectivity index (χ1) is 8.24. The summed E-state index contributed by atoms with van der Waals surface area (Å²) >= 11 is 0. The maximum atomic E-state index is 11.6. The van der Waals surface area contributed by atoms with Crippen molar-refractivity contribution in [2.24, 2.45) is 0 Å². The van der Waals surface area contributed by atoms with Gasteiger partial charge in [-0.3, -0.25) is 4.79 Å². The largest absolute Gasteiger partial charge is 0.497 e. The monoisotopic (exact) mass is 229 g/mol. The van der Waals surface area contributed by atoms with Gasteiger partial charge >= 0.3 is 0 Å². The van der Waals surface area contributed by atoms with Crippen LogP contribution in [0.3, 0.4) is 0 Å². The molecule has 2 N–H and O–H groups in total. The standard InChI is InChI=1S/C12H11N3O2/c1-17-9-2-3-10-8(6-9)7-11(15-10)12(16)14-5-4-13/h2-3,6-7,15H,5H2,1H3,(H,14,16). The molecule has 0 saturated carbocycles. The van der Waals surface area contributed by atoms with Crippen LogP contribution in [0.25, 0.3) is 10.9 Å². The van der Waals surface area contributed by atoms with Crippen LogP contribution < -0.4 is 10.1 Å². The van der Waals surface area contributed by atoms with Crippen LogP contribution in [0.2, 0.25) is 0 Å². The highest BCUT2D eigenvalue weighted by Crippen LogP contribution is 2.21. The molecule has 2 rings (SSSR count). The van der Waals surface area contributed by atoms with Crippen molar-refractivity contribution in [1.29, 1.82) is 5.26 Å². The number of hydrogen-bond acceptors (Lipinski definition) is 3. The number of hydrogen-bond donors (Lipinski definition) is 2. The van der Waals surface area contributed by atoms with Crippen molar-refractivity contribution < 1.29 is 9.53 Å². The Morgan fingerprint density at radius 3 is 3.06 bits per heavy atom. The fraction of sp³-hybridized carbons (Fsp3) is 0.167. The minimum Gasteiger partial charge on any atom is -0.497 e. The Labute approximate surface area is 98.0 Å². The number of carbonyl (C=O) groups excluding carboxylic acids is 1. The Morgan fingerprint density at radius 2 is 2.35 bits per heavy atom. The van der Waals surface area contributed by atoms with E-state index in [0.29, 0.717) is 5.69 Å². The van der Waals surface area contributed by atoms with E-state index in [1.54, 1.807) is 13.2 Å². The van der Waals surface area contributed by atoms with Gasteiger partial charge in [-0.1, -0.05) is 0 Å². The highest BCUT2D eigenvalue weighted by Gasteiger charge is 2.09. The van der Waals surface area contributed by atoms with Crippen LogP contribution in [-0.2, 0) is 0 Å². The van der Waals surface area contributed by atoms with Crippen LogP contribution >= 0.6 is 0 Å². The Morgan fingerprint density at radius 1 is 1.53 bits per heavy atom. The molecule has 0 saturated heterocycles. The summed E-state index contributed by atoms with van der Waals surface area (Å²) in [4.78, 5) is 14.6. The molecule has 0 aliphatic heterocycles. The van der Waals surface area contributed by atoms with Gasteiger partial charge in [0.2, 0.25) is 0 Å². The van der Waals surface area contributed by atoms with Crippen molar-refractivity contribution in [3.8, 4) is 11.8 Å². The number of aromatic amines is 1. The van der Waals surface area contributed by atoms with E-state index in [1.165, 1.54) is 0 Å². The van der Waals surface area contributed by atoms with E-state index in [0.717, 1.165) is 16.7 Å². The van der Waals surface area contributed by atoms with E-state index in [-0.39, 0.29) is 12.5 Å². The molecular weight excluding hydrogens is 218 g/mol. The molecule has 0 spiro atoms. The van der Waals surface area contributed by atoms with E-state index < -0.39 is 0 Å². The molecule has 0 atom stereocenters. The zero-order valence-electron chi connectivity index (χ0n) is 9.28. The van der Waals surface area contributed by atoms with Crippen molar-refractivity contribution in [1.82, 2.24) is 10.3 Å². The summed E-state index contributed by atoms with van der Waals surface area (Å²) in [7, 11) is 1.59. The van der Waals surface area contributed by atoms with Gasteiger partial charge in [-0.15, -0.1) is 0 Å². The number of benzene rings is 1. The second-order valence-corrected chi connectivity index (χ2v) is 3.48. The van der Waals surface area contributed by atoms with Gasteiger partial charge in [0.25, 0.3) is 5.91 Å². The predicted molar refractivity (Wildman–Crippen MR) is 62.8 cm³/mol.